The molecule has 0 spiro atoms. The molecule has 12 nitrogen and oxygen atoms in total. The second-order valence-electron chi connectivity index (χ2n) is 27.8. The highest BCUT2D eigenvalue weighted by Crippen LogP contribution is 2.70. The summed E-state index contributed by atoms with van der Waals surface area (Å²) in [4.78, 5) is 41.5. The highest BCUT2D eigenvalue weighted by atomic mass is 16.7. The molecule has 87 heavy (non-hydrogen) atoms. The maximum absolute atomic E-state index is 14.3. The third-order valence-electron chi connectivity index (χ3n) is 23.4. The molecule has 0 saturated heterocycles. The molecule has 0 radical (unpaired) electrons. The number of aliphatic hydroxyl groups is 1. The fraction of sp³-hybridized carbons (Fsp3) is 0.640. The van der Waals surface area contributed by atoms with Crippen molar-refractivity contribution < 1.29 is 57.4 Å². The number of aliphatic hydroxyl groups excluding tert-OH is 1. The van der Waals surface area contributed by atoms with E-state index >= 15 is 0 Å². The van der Waals surface area contributed by atoms with Crippen LogP contribution in [0, 0.1) is 68.0 Å². The van der Waals surface area contributed by atoms with Crippen LogP contribution >= 0.6 is 0 Å². The van der Waals surface area contributed by atoms with Crippen LogP contribution in [0.5, 0.6) is 0 Å². The van der Waals surface area contributed by atoms with Gasteiger partial charge in [-0.1, -0.05) is 197 Å². The van der Waals surface area contributed by atoms with Gasteiger partial charge in [0.15, 0.2) is 0 Å². The van der Waals surface area contributed by atoms with Gasteiger partial charge in [0.1, 0.15) is 44.7 Å². The van der Waals surface area contributed by atoms with E-state index in [1.807, 2.05) is 109 Å². The first-order chi connectivity index (χ1) is 41.4. The minimum atomic E-state index is -0.667. The average molecular weight is 1200 g/mol. The van der Waals surface area contributed by atoms with Crippen molar-refractivity contribution in [1.82, 2.24) is 0 Å². The van der Waals surface area contributed by atoms with Crippen LogP contribution in [-0.4, -0.2) is 80.7 Å². The molecule has 0 heterocycles. The van der Waals surface area contributed by atoms with Crippen molar-refractivity contribution in [2.45, 2.75) is 204 Å². The number of carbonyl (C=O) groups excluding carboxylic acids is 3. The van der Waals surface area contributed by atoms with Crippen LogP contribution in [0.2, 0.25) is 0 Å². The monoisotopic (exact) mass is 1200 g/mol. The summed E-state index contributed by atoms with van der Waals surface area (Å²) in [7, 11) is 0. The van der Waals surface area contributed by atoms with E-state index in [0.717, 1.165) is 80.0 Å². The summed E-state index contributed by atoms with van der Waals surface area (Å²) in [6.07, 6.45) is 9.43. The normalized spacial score (nSPS) is 35.2. The Morgan fingerprint density at radius 1 is 0.517 bits per heavy atom. The molecule has 6 saturated carbocycles. The van der Waals surface area contributed by atoms with E-state index in [-0.39, 0.29) is 109 Å². The summed E-state index contributed by atoms with van der Waals surface area (Å²) in [5.41, 5.74) is 2.34. The number of Topliss-reactive ketones (excluding diaryl/α,β-unsaturated/α-hetero) is 2. The molecule has 1 N–H and O–H groups in total. The molecule has 10 rings (SSSR count). The van der Waals surface area contributed by atoms with Crippen LogP contribution < -0.4 is 0 Å². The Bertz CT molecular complexity index is 2780. The van der Waals surface area contributed by atoms with Crippen molar-refractivity contribution in [1.29, 1.82) is 0 Å². The Labute approximate surface area is 521 Å². The fourth-order valence-electron chi connectivity index (χ4n) is 18.2. The standard InChI is InChI=1S/C45H58O8.C29H44O4.CH4/c1-5-43(3)25-39(53-40(47)30-48-26-34-15-9-6-10-16-34)44(4)37(29-51-31-49-27-35-17-11-7-12-18-35)21-23-45(24-22-38(46)41(44)45)33(2)42(43)52-32-50-28-36-19-13-8-14-20-36;1-6-22-13-15-29-16-14-23(30)25(29)28(22,5)24(31)17-27(4,7-2)26(20(29)3)33-19-32-18-21-11-9-8-10-12-21;/h6-20,33,37,39,41-42H,5,21-32H2,1-4H3;8-12,20,22,24-26,31H,6-7,13-19H2,1-5H3;1H4/t33-,37-,39+,41?,42-,43+,44-,45-;20-,22+,24+,25?,26-,27+,28-,29-;/m00./s1. The van der Waals surface area contributed by atoms with E-state index in [1.54, 1.807) is 0 Å². The number of ether oxygens (including phenoxy) is 8. The SMILES string of the molecule is C.CC[C@@H]1CC[C@@]23CCC(=O)C2[C@]1(C)[C@H](O)C[C@@](C)(CC)[C@@H](OCOCc1ccccc1)[C@@H]3C.CC[C@]1(C)C[C@@H](OC(=O)COCc2ccccc2)[C@@]2(C)C3C(=O)CC[C@@]3(CC[C@H]2COCOCc2ccccc2)[C@@H](C)[C@@H]1OCOCc1ccccc1. The van der Waals surface area contributed by atoms with Gasteiger partial charge >= 0.3 is 5.97 Å². The fourth-order valence-corrected chi connectivity index (χ4v) is 18.2. The largest absolute Gasteiger partial charge is 0.460 e. The molecule has 4 aromatic rings. The lowest BCUT2D eigenvalue weighted by Crippen LogP contribution is -2.64. The number of hydrogen-bond acceptors (Lipinski definition) is 12. The van der Waals surface area contributed by atoms with Gasteiger partial charge < -0.3 is 43.0 Å². The molecule has 12 heteroatoms. The van der Waals surface area contributed by atoms with Crippen molar-refractivity contribution in [3.05, 3.63) is 144 Å². The topological polar surface area (TPSA) is 145 Å². The second-order valence-corrected chi connectivity index (χ2v) is 27.8. The smallest absolute Gasteiger partial charge is 0.332 e. The van der Waals surface area contributed by atoms with Crippen LogP contribution in [0.25, 0.3) is 0 Å². The predicted molar refractivity (Wildman–Crippen MR) is 339 cm³/mol. The van der Waals surface area contributed by atoms with Gasteiger partial charge in [-0.3, -0.25) is 9.59 Å². The number of rotatable bonds is 24. The molecule has 4 aromatic carbocycles. The summed E-state index contributed by atoms with van der Waals surface area (Å²) in [6.45, 7) is 22.7. The maximum atomic E-state index is 14.3. The Kier molecular flexibility index (Phi) is 23.5. The minimum absolute atomic E-state index is 0. The molecule has 478 valence electrons. The highest BCUT2D eigenvalue weighted by molar-refractivity contribution is 5.86. The van der Waals surface area contributed by atoms with E-state index in [9.17, 15) is 19.5 Å². The van der Waals surface area contributed by atoms with Gasteiger partial charge in [0.05, 0.1) is 51.3 Å². The van der Waals surface area contributed by atoms with Gasteiger partial charge in [-0.05, 0) is 132 Å². The summed E-state index contributed by atoms with van der Waals surface area (Å²) in [5, 5.41) is 11.8. The lowest BCUT2D eigenvalue weighted by molar-refractivity contribution is -0.241. The zero-order valence-electron chi connectivity index (χ0n) is 53.3. The third-order valence-corrected chi connectivity index (χ3v) is 23.4. The molecule has 0 aliphatic heterocycles. The molecule has 6 aliphatic carbocycles. The second kappa shape index (κ2) is 30.0. The number of hydrogen-bond donors (Lipinski definition) is 1. The molecule has 16 atom stereocenters. The molecule has 2 unspecified atom stereocenters. The van der Waals surface area contributed by atoms with Crippen molar-refractivity contribution in [3.63, 3.8) is 0 Å². The number of benzene rings is 4. The molecule has 0 amide bonds. The van der Waals surface area contributed by atoms with Gasteiger partial charge in [-0.25, -0.2) is 4.79 Å². The van der Waals surface area contributed by atoms with E-state index in [0.29, 0.717) is 70.4 Å². The van der Waals surface area contributed by atoms with Crippen LogP contribution in [0.4, 0.5) is 0 Å². The van der Waals surface area contributed by atoms with Gasteiger partial charge in [-0.2, -0.15) is 0 Å². The van der Waals surface area contributed by atoms with E-state index in [1.165, 1.54) is 0 Å². The van der Waals surface area contributed by atoms with Crippen LogP contribution in [0.1, 0.15) is 175 Å². The minimum Gasteiger partial charge on any atom is -0.460 e. The van der Waals surface area contributed by atoms with Crippen LogP contribution in [0.3, 0.4) is 0 Å². The summed E-state index contributed by atoms with van der Waals surface area (Å²) in [5.74, 6) is 0.527. The zero-order valence-corrected chi connectivity index (χ0v) is 53.3. The molecular weight excluding hydrogens is 1090 g/mol. The first kappa shape index (κ1) is 68.3. The molecule has 6 fully saturated rings. The molecular formula is C75H106O12. The highest BCUT2D eigenvalue weighted by Gasteiger charge is 2.70. The van der Waals surface area contributed by atoms with Crippen LogP contribution in [-0.2, 0) is 78.7 Å². The maximum Gasteiger partial charge on any atom is 0.332 e. The van der Waals surface area contributed by atoms with Crippen molar-refractivity contribution in [2.24, 2.45) is 68.0 Å². The van der Waals surface area contributed by atoms with Gasteiger partial charge in [0.25, 0.3) is 0 Å². The Balaban J connectivity index is 0.000000248. The van der Waals surface area contributed by atoms with E-state index in [4.69, 9.17) is 37.9 Å². The quantitative estimate of drug-likeness (QED) is 0.0405. The van der Waals surface area contributed by atoms with Gasteiger partial charge in [-0.15, -0.1) is 0 Å². The van der Waals surface area contributed by atoms with E-state index < -0.39 is 23.6 Å². The van der Waals surface area contributed by atoms with Crippen LogP contribution in [0.15, 0.2) is 121 Å². The summed E-state index contributed by atoms with van der Waals surface area (Å²) < 4.78 is 50.1. The zero-order chi connectivity index (χ0) is 61.2. The van der Waals surface area contributed by atoms with E-state index in [2.05, 4.69) is 74.4 Å². The molecule has 4 bridgehead atoms. The summed E-state index contributed by atoms with van der Waals surface area (Å²) >= 11 is 0. The van der Waals surface area contributed by atoms with Gasteiger partial charge in [0.2, 0.25) is 0 Å². The third kappa shape index (κ3) is 14.3. The Morgan fingerprint density at radius 3 is 1.36 bits per heavy atom. The lowest BCUT2D eigenvalue weighted by Gasteiger charge is -2.63. The number of esters is 1. The lowest BCUT2D eigenvalue weighted by atomic mass is 9.43. The number of carbonyl (C=O) groups is 3. The molecule has 6 aliphatic rings. The predicted octanol–water partition coefficient (Wildman–Crippen LogP) is 15.5. The van der Waals surface area contributed by atoms with Crippen molar-refractivity contribution >= 4 is 17.5 Å². The summed E-state index contributed by atoms with van der Waals surface area (Å²) in [6, 6.07) is 40.1. The average Bonchev–Trinajstić information content (AvgIpc) is 1.71. The Morgan fingerprint density at radius 2 is 0.920 bits per heavy atom. The van der Waals surface area contributed by atoms with Gasteiger partial charge in [0, 0.05) is 35.5 Å². The first-order valence-electron chi connectivity index (χ1n) is 32.6. The number of ketones is 2. The molecule has 0 aromatic heterocycles. The Hall–Kier alpha value is -4.63. The first-order valence-corrected chi connectivity index (χ1v) is 32.6. The van der Waals surface area contributed by atoms with Crippen molar-refractivity contribution in [3.8, 4) is 0 Å². The van der Waals surface area contributed by atoms with Crippen molar-refractivity contribution in [2.75, 3.05) is 33.6 Å².